The number of ether oxygens (including phenoxy) is 1. The highest BCUT2D eigenvalue weighted by atomic mass is 35.5. The van der Waals surface area contributed by atoms with Gasteiger partial charge in [0.1, 0.15) is 5.75 Å². The Labute approximate surface area is 144 Å². The smallest absolute Gasteiger partial charge is 0.224 e. The fourth-order valence-corrected chi connectivity index (χ4v) is 2.91. The molecule has 3 rings (SSSR count). The molecule has 0 atom stereocenters. The van der Waals surface area contributed by atoms with E-state index in [4.69, 9.17) is 4.74 Å². The van der Waals surface area contributed by atoms with Gasteiger partial charge in [-0.2, -0.15) is 0 Å². The van der Waals surface area contributed by atoms with Gasteiger partial charge in [0.2, 0.25) is 5.91 Å². The third-order valence-electron chi connectivity index (χ3n) is 4.57. The number of halogens is 1. The number of para-hydroxylation sites is 2. The van der Waals surface area contributed by atoms with E-state index in [-0.39, 0.29) is 18.3 Å². The molecule has 5 heteroatoms. The molecular formula is C18H27ClN2O2. The number of piperidine rings is 1. The first-order chi connectivity index (χ1) is 10.8. The summed E-state index contributed by atoms with van der Waals surface area (Å²) in [6, 6.07) is 7.74. The number of anilines is 1. The summed E-state index contributed by atoms with van der Waals surface area (Å²) < 4.78 is 5.83. The van der Waals surface area contributed by atoms with Crippen LogP contribution in [0.4, 0.5) is 5.69 Å². The van der Waals surface area contributed by atoms with Gasteiger partial charge < -0.3 is 15.4 Å². The van der Waals surface area contributed by atoms with Crippen molar-refractivity contribution in [1.82, 2.24) is 5.32 Å². The molecule has 1 amide bonds. The van der Waals surface area contributed by atoms with E-state index in [1.54, 1.807) is 0 Å². The SMILES string of the molecule is Cl.O=C(CCC1CCNCC1)Nc1ccccc1OCC1CC1. The maximum atomic E-state index is 12.2. The third kappa shape index (κ3) is 6.04. The molecule has 1 saturated carbocycles. The van der Waals surface area contributed by atoms with Crippen LogP contribution in [0.2, 0.25) is 0 Å². The van der Waals surface area contributed by atoms with Gasteiger partial charge in [-0.15, -0.1) is 12.4 Å². The van der Waals surface area contributed by atoms with Crippen LogP contribution in [0, 0.1) is 11.8 Å². The minimum Gasteiger partial charge on any atom is -0.491 e. The molecule has 1 aliphatic carbocycles. The van der Waals surface area contributed by atoms with Crippen molar-refractivity contribution in [2.45, 2.75) is 38.5 Å². The molecule has 1 heterocycles. The highest BCUT2D eigenvalue weighted by Crippen LogP contribution is 2.31. The van der Waals surface area contributed by atoms with Crippen LogP contribution in [0.1, 0.15) is 38.5 Å². The Hall–Kier alpha value is -1.26. The Morgan fingerprint density at radius 3 is 2.61 bits per heavy atom. The Balaban J connectivity index is 0.00000192. The maximum Gasteiger partial charge on any atom is 0.224 e. The zero-order valence-electron chi connectivity index (χ0n) is 13.6. The van der Waals surface area contributed by atoms with Crippen molar-refractivity contribution in [2.75, 3.05) is 25.0 Å². The maximum absolute atomic E-state index is 12.2. The fraction of sp³-hybridized carbons (Fsp3) is 0.611. The first kappa shape index (κ1) is 18.1. The van der Waals surface area contributed by atoms with E-state index in [9.17, 15) is 4.79 Å². The van der Waals surface area contributed by atoms with Crippen molar-refractivity contribution in [3.05, 3.63) is 24.3 Å². The molecule has 1 aromatic carbocycles. The lowest BCUT2D eigenvalue weighted by Crippen LogP contribution is -2.28. The van der Waals surface area contributed by atoms with Crippen LogP contribution in [0.15, 0.2) is 24.3 Å². The van der Waals surface area contributed by atoms with Crippen LogP contribution < -0.4 is 15.4 Å². The fourth-order valence-electron chi connectivity index (χ4n) is 2.91. The Kier molecular flexibility index (Phi) is 7.18. The average Bonchev–Trinajstić information content (AvgIpc) is 3.37. The second-order valence-corrected chi connectivity index (χ2v) is 6.53. The second kappa shape index (κ2) is 9.14. The third-order valence-corrected chi connectivity index (χ3v) is 4.57. The van der Waals surface area contributed by atoms with E-state index < -0.39 is 0 Å². The van der Waals surface area contributed by atoms with Crippen molar-refractivity contribution in [2.24, 2.45) is 11.8 Å². The van der Waals surface area contributed by atoms with E-state index in [1.807, 2.05) is 24.3 Å². The van der Waals surface area contributed by atoms with Crippen molar-refractivity contribution >= 4 is 24.0 Å². The molecule has 2 N–H and O–H groups in total. The number of rotatable bonds is 7. The molecule has 2 aliphatic rings. The van der Waals surface area contributed by atoms with Gasteiger partial charge in [0.15, 0.2) is 0 Å². The van der Waals surface area contributed by atoms with E-state index in [0.29, 0.717) is 18.3 Å². The standard InChI is InChI=1S/C18H26N2O2.ClH/c21-18(8-7-14-9-11-19-12-10-14)20-16-3-1-2-4-17(16)22-13-15-5-6-15;/h1-4,14-15,19H,5-13H2,(H,20,21);1H. The molecule has 23 heavy (non-hydrogen) atoms. The van der Waals surface area contributed by atoms with Gasteiger partial charge in [-0.05, 0) is 69.2 Å². The number of amides is 1. The Morgan fingerprint density at radius 2 is 1.87 bits per heavy atom. The first-order valence-corrected chi connectivity index (χ1v) is 8.53. The molecule has 1 aromatic rings. The zero-order valence-corrected chi connectivity index (χ0v) is 14.4. The number of benzene rings is 1. The van der Waals surface area contributed by atoms with Gasteiger partial charge >= 0.3 is 0 Å². The summed E-state index contributed by atoms with van der Waals surface area (Å²) in [6.45, 7) is 2.94. The van der Waals surface area contributed by atoms with Gasteiger partial charge in [0.25, 0.3) is 0 Å². The number of carbonyl (C=O) groups excluding carboxylic acids is 1. The summed E-state index contributed by atoms with van der Waals surface area (Å²) in [6.07, 6.45) is 6.50. The van der Waals surface area contributed by atoms with Crippen LogP contribution in [-0.4, -0.2) is 25.6 Å². The van der Waals surface area contributed by atoms with E-state index in [1.165, 1.54) is 25.7 Å². The van der Waals surface area contributed by atoms with Crippen molar-refractivity contribution in [3.8, 4) is 5.75 Å². The van der Waals surface area contributed by atoms with E-state index in [0.717, 1.165) is 37.6 Å². The summed E-state index contributed by atoms with van der Waals surface area (Å²) in [5.74, 6) is 2.29. The van der Waals surface area contributed by atoms with Crippen LogP contribution >= 0.6 is 12.4 Å². The number of hydrogen-bond donors (Lipinski definition) is 2. The first-order valence-electron chi connectivity index (χ1n) is 8.53. The van der Waals surface area contributed by atoms with E-state index in [2.05, 4.69) is 10.6 Å². The molecule has 0 radical (unpaired) electrons. The van der Waals surface area contributed by atoms with Crippen LogP contribution in [0.25, 0.3) is 0 Å². The molecule has 1 aliphatic heterocycles. The lowest BCUT2D eigenvalue weighted by atomic mass is 9.93. The summed E-state index contributed by atoms with van der Waals surface area (Å²) >= 11 is 0. The Morgan fingerprint density at radius 1 is 1.13 bits per heavy atom. The summed E-state index contributed by atoms with van der Waals surface area (Å²) in [7, 11) is 0. The molecule has 0 bridgehead atoms. The average molecular weight is 339 g/mol. The molecule has 0 aromatic heterocycles. The number of hydrogen-bond acceptors (Lipinski definition) is 3. The van der Waals surface area contributed by atoms with Gasteiger partial charge in [-0.1, -0.05) is 12.1 Å². The van der Waals surface area contributed by atoms with Gasteiger partial charge in [-0.25, -0.2) is 0 Å². The molecule has 2 fully saturated rings. The molecule has 0 spiro atoms. The Bertz CT molecular complexity index is 500. The second-order valence-electron chi connectivity index (χ2n) is 6.53. The van der Waals surface area contributed by atoms with Gasteiger partial charge in [0.05, 0.1) is 12.3 Å². The minimum atomic E-state index is 0. The summed E-state index contributed by atoms with van der Waals surface area (Å²) in [5.41, 5.74) is 0.804. The largest absolute Gasteiger partial charge is 0.491 e. The van der Waals surface area contributed by atoms with Crippen molar-refractivity contribution in [1.29, 1.82) is 0 Å². The molecule has 0 unspecified atom stereocenters. The molecular weight excluding hydrogens is 312 g/mol. The monoisotopic (exact) mass is 338 g/mol. The molecule has 1 saturated heterocycles. The zero-order chi connectivity index (χ0) is 15.2. The minimum absolute atomic E-state index is 0. The number of nitrogens with one attached hydrogen (secondary N) is 2. The summed E-state index contributed by atoms with van der Waals surface area (Å²) in [4.78, 5) is 12.2. The molecule has 128 valence electrons. The van der Waals surface area contributed by atoms with Crippen molar-refractivity contribution in [3.63, 3.8) is 0 Å². The van der Waals surface area contributed by atoms with Crippen LogP contribution in [0.3, 0.4) is 0 Å². The van der Waals surface area contributed by atoms with E-state index >= 15 is 0 Å². The quantitative estimate of drug-likeness (QED) is 0.798. The predicted molar refractivity (Wildman–Crippen MR) is 95.4 cm³/mol. The lowest BCUT2D eigenvalue weighted by Gasteiger charge is -2.22. The topological polar surface area (TPSA) is 50.4 Å². The van der Waals surface area contributed by atoms with Crippen LogP contribution in [-0.2, 0) is 4.79 Å². The molecule has 4 nitrogen and oxygen atoms in total. The predicted octanol–water partition coefficient (Wildman–Crippen LogP) is 3.62. The van der Waals surface area contributed by atoms with Gasteiger partial charge in [-0.3, -0.25) is 4.79 Å². The lowest BCUT2D eigenvalue weighted by molar-refractivity contribution is -0.116. The van der Waals surface area contributed by atoms with Crippen LogP contribution in [0.5, 0.6) is 5.75 Å². The normalized spacial score (nSPS) is 18.1. The number of carbonyl (C=O) groups is 1. The summed E-state index contributed by atoms with van der Waals surface area (Å²) in [5, 5.41) is 6.38. The highest BCUT2D eigenvalue weighted by Gasteiger charge is 2.22. The van der Waals surface area contributed by atoms with Gasteiger partial charge in [0, 0.05) is 6.42 Å². The van der Waals surface area contributed by atoms with Crippen molar-refractivity contribution < 1.29 is 9.53 Å². The highest BCUT2D eigenvalue weighted by molar-refractivity contribution is 5.92.